The summed E-state index contributed by atoms with van der Waals surface area (Å²) in [6, 6.07) is 4.16. The Labute approximate surface area is 182 Å². The van der Waals surface area contributed by atoms with Gasteiger partial charge in [0, 0.05) is 24.0 Å². The van der Waals surface area contributed by atoms with Crippen LogP contribution >= 0.6 is 15.9 Å². The molecule has 0 atom stereocenters. The van der Waals surface area contributed by atoms with Crippen LogP contribution < -0.4 is 5.73 Å². The predicted octanol–water partition coefficient (Wildman–Crippen LogP) is 4.69. The number of hydrogen-bond donors (Lipinski definition) is 1. The molecule has 1 saturated carbocycles. The zero-order valence-corrected chi connectivity index (χ0v) is 19.1. The normalized spacial score (nSPS) is 14.8. The van der Waals surface area contributed by atoms with E-state index in [0.717, 1.165) is 23.1 Å². The van der Waals surface area contributed by atoms with Crippen molar-refractivity contribution >= 4 is 33.6 Å². The predicted molar refractivity (Wildman–Crippen MR) is 118 cm³/mol. The molecule has 162 valence electrons. The number of benzene rings is 1. The summed E-state index contributed by atoms with van der Waals surface area (Å²) in [5.74, 6) is -0.657. The summed E-state index contributed by atoms with van der Waals surface area (Å²) < 4.78 is 11.0. The monoisotopic (exact) mass is 468 g/mol. The van der Waals surface area contributed by atoms with Gasteiger partial charge in [0.15, 0.2) is 0 Å². The highest BCUT2D eigenvalue weighted by Gasteiger charge is 2.22. The van der Waals surface area contributed by atoms with Crippen molar-refractivity contribution < 1.29 is 19.1 Å². The average Bonchev–Trinajstić information content (AvgIpc) is 2.71. The van der Waals surface area contributed by atoms with E-state index in [0.29, 0.717) is 43.3 Å². The second-order valence-corrected chi connectivity index (χ2v) is 8.42. The quantitative estimate of drug-likeness (QED) is 0.304. The summed E-state index contributed by atoms with van der Waals surface area (Å²) in [6.45, 7) is 5.88. The molecule has 0 unspecified atom stereocenters. The molecule has 2 rings (SSSR count). The standard InChI is InChI=1S/C22H33BrN2O4/c1-3-25(19-9-5-4-6-10-19)15-18-13-17(14-20(23)21(18)24)22(27)29-12-8-7-11-28-16(2)26/h13-14,19H,3-12,15,24H2,1-2H3. The number of esters is 2. The fraction of sp³-hybridized carbons (Fsp3) is 0.636. The summed E-state index contributed by atoms with van der Waals surface area (Å²) in [5, 5.41) is 0. The van der Waals surface area contributed by atoms with Crippen molar-refractivity contribution in [3.8, 4) is 0 Å². The minimum absolute atomic E-state index is 0.292. The largest absolute Gasteiger partial charge is 0.466 e. The Balaban J connectivity index is 1.96. The van der Waals surface area contributed by atoms with Crippen LogP contribution in [0.15, 0.2) is 16.6 Å². The molecule has 0 spiro atoms. The third kappa shape index (κ3) is 7.63. The highest BCUT2D eigenvalue weighted by molar-refractivity contribution is 9.10. The summed E-state index contributed by atoms with van der Waals surface area (Å²) in [4.78, 5) is 25.7. The number of anilines is 1. The van der Waals surface area contributed by atoms with Crippen LogP contribution in [0, 0.1) is 0 Å². The molecule has 0 amide bonds. The van der Waals surface area contributed by atoms with E-state index in [-0.39, 0.29) is 11.9 Å². The van der Waals surface area contributed by atoms with Crippen LogP contribution in [0.2, 0.25) is 0 Å². The lowest BCUT2D eigenvalue weighted by Gasteiger charge is -2.34. The van der Waals surface area contributed by atoms with E-state index in [2.05, 4.69) is 27.8 Å². The van der Waals surface area contributed by atoms with Crippen molar-refractivity contribution in [2.24, 2.45) is 0 Å². The number of carbonyl (C=O) groups is 2. The summed E-state index contributed by atoms with van der Waals surface area (Å²) >= 11 is 3.49. The molecule has 0 saturated heterocycles. The Hall–Kier alpha value is -1.60. The number of carbonyl (C=O) groups excluding carboxylic acids is 2. The smallest absolute Gasteiger partial charge is 0.338 e. The van der Waals surface area contributed by atoms with Crippen LogP contribution in [0.3, 0.4) is 0 Å². The van der Waals surface area contributed by atoms with Crippen LogP contribution in [-0.2, 0) is 20.8 Å². The Morgan fingerprint density at radius 1 is 1.14 bits per heavy atom. The lowest BCUT2D eigenvalue weighted by Crippen LogP contribution is -2.36. The number of nitrogen functional groups attached to an aromatic ring is 1. The third-order valence-electron chi connectivity index (χ3n) is 5.40. The van der Waals surface area contributed by atoms with E-state index >= 15 is 0 Å². The minimum Gasteiger partial charge on any atom is -0.466 e. The maximum atomic E-state index is 12.5. The summed E-state index contributed by atoms with van der Waals surface area (Å²) in [6.07, 6.45) is 7.65. The van der Waals surface area contributed by atoms with Crippen LogP contribution in [0.4, 0.5) is 5.69 Å². The Morgan fingerprint density at radius 3 is 2.41 bits per heavy atom. The van der Waals surface area contributed by atoms with E-state index in [1.54, 1.807) is 6.07 Å². The van der Waals surface area contributed by atoms with E-state index in [4.69, 9.17) is 15.2 Å². The van der Waals surface area contributed by atoms with E-state index in [9.17, 15) is 9.59 Å². The molecule has 7 heteroatoms. The molecule has 0 aliphatic heterocycles. The van der Waals surface area contributed by atoms with E-state index in [1.165, 1.54) is 39.0 Å². The molecular formula is C22H33BrN2O4. The SMILES string of the molecule is CCN(Cc1cc(C(=O)OCCCCOC(C)=O)cc(Br)c1N)C1CCCCC1. The Morgan fingerprint density at radius 2 is 1.79 bits per heavy atom. The highest BCUT2D eigenvalue weighted by Crippen LogP contribution is 2.30. The number of hydrogen-bond acceptors (Lipinski definition) is 6. The number of halogens is 1. The van der Waals surface area contributed by atoms with Gasteiger partial charge >= 0.3 is 11.9 Å². The van der Waals surface area contributed by atoms with Gasteiger partial charge in [0.25, 0.3) is 0 Å². The average molecular weight is 469 g/mol. The van der Waals surface area contributed by atoms with Gasteiger partial charge in [0.1, 0.15) is 0 Å². The van der Waals surface area contributed by atoms with E-state index < -0.39 is 0 Å². The van der Waals surface area contributed by atoms with Gasteiger partial charge in [0.05, 0.1) is 24.5 Å². The number of nitrogens with two attached hydrogens (primary N) is 1. The molecule has 29 heavy (non-hydrogen) atoms. The van der Waals surface area contributed by atoms with Crippen LogP contribution in [0.5, 0.6) is 0 Å². The molecule has 1 fully saturated rings. The van der Waals surface area contributed by atoms with Gasteiger partial charge in [-0.15, -0.1) is 0 Å². The zero-order chi connectivity index (χ0) is 21.2. The maximum Gasteiger partial charge on any atom is 0.338 e. The van der Waals surface area contributed by atoms with Crippen molar-refractivity contribution in [3.63, 3.8) is 0 Å². The van der Waals surface area contributed by atoms with Gasteiger partial charge in [-0.3, -0.25) is 9.69 Å². The molecule has 0 bridgehead atoms. The molecule has 6 nitrogen and oxygen atoms in total. The Bertz CT molecular complexity index is 690. The van der Waals surface area contributed by atoms with Gasteiger partial charge in [-0.1, -0.05) is 26.2 Å². The van der Waals surface area contributed by atoms with Gasteiger partial charge in [0.2, 0.25) is 0 Å². The molecule has 0 heterocycles. The van der Waals surface area contributed by atoms with Gasteiger partial charge in [-0.2, -0.15) is 0 Å². The van der Waals surface area contributed by atoms with Gasteiger partial charge < -0.3 is 15.2 Å². The van der Waals surface area contributed by atoms with E-state index in [1.807, 2.05) is 6.07 Å². The Kier molecular flexibility index (Phi) is 9.94. The first kappa shape index (κ1) is 23.7. The topological polar surface area (TPSA) is 81.9 Å². The van der Waals surface area contributed by atoms with Crippen molar-refractivity contribution in [2.75, 3.05) is 25.5 Å². The van der Waals surface area contributed by atoms with Gasteiger partial charge in [-0.05, 0) is 65.9 Å². The molecular weight excluding hydrogens is 436 g/mol. The first-order valence-electron chi connectivity index (χ1n) is 10.5. The molecule has 0 radical (unpaired) electrons. The fourth-order valence-corrected chi connectivity index (χ4v) is 4.26. The van der Waals surface area contributed by atoms with Crippen molar-refractivity contribution in [2.45, 2.75) is 71.4 Å². The molecule has 1 aromatic carbocycles. The van der Waals surface area contributed by atoms with Crippen LogP contribution in [-0.4, -0.2) is 42.6 Å². The molecule has 1 aliphatic carbocycles. The fourth-order valence-electron chi connectivity index (χ4n) is 3.76. The lowest BCUT2D eigenvalue weighted by atomic mass is 9.93. The number of unbranched alkanes of at least 4 members (excludes halogenated alkanes) is 1. The first-order valence-corrected chi connectivity index (χ1v) is 11.3. The van der Waals surface area contributed by atoms with Crippen molar-refractivity contribution in [1.82, 2.24) is 4.90 Å². The number of nitrogens with zero attached hydrogens (tertiary/aromatic N) is 1. The summed E-state index contributed by atoms with van der Waals surface area (Å²) in [5.41, 5.74) is 8.43. The highest BCUT2D eigenvalue weighted by atomic mass is 79.9. The maximum absolute atomic E-state index is 12.5. The number of rotatable bonds is 10. The first-order chi connectivity index (χ1) is 13.9. The molecule has 1 aliphatic rings. The minimum atomic E-state index is -0.361. The van der Waals surface area contributed by atoms with Gasteiger partial charge in [-0.25, -0.2) is 4.79 Å². The lowest BCUT2D eigenvalue weighted by molar-refractivity contribution is -0.141. The molecule has 2 N–H and O–H groups in total. The van der Waals surface area contributed by atoms with Crippen LogP contribution in [0.1, 0.15) is 74.7 Å². The zero-order valence-electron chi connectivity index (χ0n) is 17.5. The second kappa shape index (κ2) is 12.2. The molecule has 0 aromatic heterocycles. The summed E-state index contributed by atoms with van der Waals surface area (Å²) in [7, 11) is 0. The molecule has 1 aromatic rings. The third-order valence-corrected chi connectivity index (χ3v) is 6.05. The number of ether oxygens (including phenoxy) is 2. The van der Waals surface area contributed by atoms with Crippen molar-refractivity contribution in [3.05, 3.63) is 27.7 Å². The van der Waals surface area contributed by atoms with Crippen molar-refractivity contribution in [1.29, 1.82) is 0 Å². The van der Waals surface area contributed by atoms with Crippen LogP contribution in [0.25, 0.3) is 0 Å². The second-order valence-electron chi connectivity index (χ2n) is 7.57.